The summed E-state index contributed by atoms with van der Waals surface area (Å²) in [4.78, 5) is 26.2. The molecule has 1 atom stereocenters. The topological polar surface area (TPSA) is 117 Å². The smallest absolute Gasteiger partial charge is 0.317 e. The molecule has 2 fully saturated rings. The number of nitro benzene ring substituents is 1. The number of carbonyl (C=O) groups is 1. The second-order valence-corrected chi connectivity index (χ2v) is 5.05. The van der Waals surface area contributed by atoms with Gasteiger partial charge in [-0.15, -0.1) is 0 Å². The molecule has 21 heavy (non-hydrogen) atoms. The molecule has 2 amide bonds. The van der Waals surface area contributed by atoms with Gasteiger partial charge in [0.15, 0.2) is 0 Å². The maximum absolute atomic E-state index is 11.6. The molecule has 2 aliphatic heterocycles. The standard InChI is InChI=1S/C12H16N6O3/c13-15-9-2-1-3-10(11(9)18(20)21)16-4-5-17-8(7-16)6-14-12(17)19/h1-3,8,15H,4-7,13H2,(H,14,19). The van der Waals surface area contributed by atoms with Gasteiger partial charge in [-0.1, -0.05) is 6.07 Å². The number of nitrogen functional groups attached to an aromatic ring is 1. The van der Waals surface area contributed by atoms with E-state index in [1.54, 1.807) is 23.1 Å². The number of nitrogens with zero attached hydrogens (tertiary/aromatic N) is 3. The molecule has 9 heteroatoms. The molecule has 4 N–H and O–H groups in total. The lowest BCUT2D eigenvalue weighted by molar-refractivity contribution is -0.383. The molecule has 112 valence electrons. The molecule has 0 radical (unpaired) electrons. The minimum absolute atomic E-state index is 0.0364. The van der Waals surface area contributed by atoms with Gasteiger partial charge >= 0.3 is 11.7 Å². The fourth-order valence-corrected chi connectivity index (χ4v) is 2.92. The Morgan fingerprint density at radius 3 is 2.95 bits per heavy atom. The summed E-state index contributed by atoms with van der Waals surface area (Å²) in [5.41, 5.74) is 3.13. The van der Waals surface area contributed by atoms with Gasteiger partial charge in [-0.05, 0) is 12.1 Å². The molecule has 0 bridgehead atoms. The van der Waals surface area contributed by atoms with Crippen molar-refractivity contribution in [2.75, 3.05) is 36.5 Å². The number of hydrazine groups is 1. The summed E-state index contributed by atoms with van der Waals surface area (Å²) in [5, 5.41) is 14.1. The molecule has 2 heterocycles. The van der Waals surface area contributed by atoms with Crippen molar-refractivity contribution in [3.8, 4) is 0 Å². The SMILES string of the molecule is NNc1cccc(N2CCN3C(=O)NCC3C2)c1[N+](=O)[O-]. The first-order chi connectivity index (χ1) is 10.1. The van der Waals surface area contributed by atoms with Crippen molar-refractivity contribution < 1.29 is 9.72 Å². The first-order valence-electron chi connectivity index (χ1n) is 6.65. The molecule has 0 spiro atoms. The number of fused-ring (bicyclic) bond motifs is 1. The van der Waals surface area contributed by atoms with Crippen LogP contribution in [0.2, 0.25) is 0 Å². The number of rotatable bonds is 3. The Morgan fingerprint density at radius 2 is 2.24 bits per heavy atom. The van der Waals surface area contributed by atoms with E-state index < -0.39 is 4.92 Å². The van der Waals surface area contributed by atoms with Crippen LogP contribution in [0.4, 0.5) is 21.9 Å². The molecule has 9 nitrogen and oxygen atoms in total. The monoisotopic (exact) mass is 292 g/mol. The van der Waals surface area contributed by atoms with Crippen molar-refractivity contribution >= 4 is 23.1 Å². The van der Waals surface area contributed by atoms with Gasteiger partial charge in [-0.25, -0.2) is 4.79 Å². The summed E-state index contributed by atoms with van der Waals surface area (Å²) in [7, 11) is 0. The second kappa shape index (κ2) is 5.09. The van der Waals surface area contributed by atoms with Crippen LogP contribution in [0.5, 0.6) is 0 Å². The van der Waals surface area contributed by atoms with Crippen LogP contribution in [0.25, 0.3) is 0 Å². The molecule has 2 saturated heterocycles. The lowest BCUT2D eigenvalue weighted by atomic mass is 10.1. The number of hydrogen-bond acceptors (Lipinski definition) is 6. The van der Waals surface area contributed by atoms with Crippen molar-refractivity contribution in [1.82, 2.24) is 10.2 Å². The highest BCUT2D eigenvalue weighted by atomic mass is 16.6. The highest BCUT2D eigenvalue weighted by Crippen LogP contribution is 2.36. The first-order valence-corrected chi connectivity index (χ1v) is 6.65. The lowest BCUT2D eigenvalue weighted by Crippen LogP contribution is -2.52. The fraction of sp³-hybridized carbons (Fsp3) is 0.417. The third kappa shape index (κ3) is 2.21. The Hall–Kier alpha value is -2.55. The third-order valence-electron chi connectivity index (χ3n) is 3.93. The van der Waals surface area contributed by atoms with Gasteiger partial charge in [0.1, 0.15) is 11.4 Å². The fourth-order valence-electron chi connectivity index (χ4n) is 2.92. The number of para-hydroxylation sites is 1. The lowest BCUT2D eigenvalue weighted by Gasteiger charge is -2.37. The highest BCUT2D eigenvalue weighted by molar-refractivity contribution is 5.79. The summed E-state index contributed by atoms with van der Waals surface area (Å²) in [6.45, 7) is 2.23. The van der Waals surface area contributed by atoms with E-state index in [4.69, 9.17) is 5.84 Å². The average Bonchev–Trinajstić information content (AvgIpc) is 2.87. The number of nitrogens with one attached hydrogen (secondary N) is 2. The van der Waals surface area contributed by atoms with E-state index in [1.807, 2.05) is 4.90 Å². The molecule has 2 aliphatic rings. The van der Waals surface area contributed by atoms with Crippen LogP contribution in [-0.4, -0.2) is 48.1 Å². The van der Waals surface area contributed by atoms with Gasteiger partial charge in [0, 0.05) is 26.2 Å². The van der Waals surface area contributed by atoms with Crippen molar-refractivity contribution in [3.63, 3.8) is 0 Å². The van der Waals surface area contributed by atoms with Crippen molar-refractivity contribution in [3.05, 3.63) is 28.3 Å². The molecule has 1 aromatic rings. The number of anilines is 2. The van der Waals surface area contributed by atoms with Crippen molar-refractivity contribution in [1.29, 1.82) is 0 Å². The van der Waals surface area contributed by atoms with Crippen LogP contribution in [0.3, 0.4) is 0 Å². The van der Waals surface area contributed by atoms with Crippen LogP contribution in [0, 0.1) is 10.1 Å². The molecule has 0 aliphatic carbocycles. The number of urea groups is 1. The molecular weight excluding hydrogens is 276 g/mol. The van der Waals surface area contributed by atoms with Crippen LogP contribution in [0.1, 0.15) is 0 Å². The van der Waals surface area contributed by atoms with E-state index in [-0.39, 0.29) is 23.4 Å². The minimum Gasteiger partial charge on any atom is -0.362 e. The van der Waals surface area contributed by atoms with Crippen LogP contribution in [-0.2, 0) is 0 Å². The maximum atomic E-state index is 11.6. The van der Waals surface area contributed by atoms with E-state index in [0.717, 1.165) is 0 Å². The summed E-state index contributed by atoms with van der Waals surface area (Å²) >= 11 is 0. The maximum Gasteiger partial charge on any atom is 0.317 e. The van der Waals surface area contributed by atoms with E-state index in [1.165, 1.54) is 0 Å². The van der Waals surface area contributed by atoms with Crippen molar-refractivity contribution in [2.45, 2.75) is 6.04 Å². The average molecular weight is 292 g/mol. The number of hydrogen-bond donors (Lipinski definition) is 3. The third-order valence-corrected chi connectivity index (χ3v) is 3.93. The number of nitrogens with two attached hydrogens (primary N) is 1. The Balaban J connectivity index is 1.91. The predicted molar refractivity (Wildman–Crippen MR) is 77.0 cm³/mol. The van der Waals surface area contributed by atoms with Gasteiger partial charge < -0.3 is 20.5 Å². The van der Waals surface area contributed by atoms with Crippen molar-refractivity contribution in [2.24, 2.45) is 5.84 Å². The molecule has 1 aromatic carbocycles. The quantitative estimate of drug-likeness (QED) is 0.413. The van der Waals surface area contributed by atoms with Crippen LogP contribution in [0.15, 0.2) is 18.2 Å². The largest absolute Gasteiger partial charge is 0.362 e. The number of nitro groups is 1. The summed E-state index contributed by atoms with van der Waals surface area (Å²) in [6, 6.07) is 4.98. The zero-order valence-electron chi connectivity index (χ0n) is 11.3. The predicted octanol–water partition coefficient (Wildman–Crippen LogP) is 0.0942. The Morgan fingerprint density at radius 1 is 1.43 bits per heavy atom. The van der Waals surface area contributed by atoms with E-state index in [9.17, 15) is 14.9 Å². The minimum atomic E-state index is -0.436. The van der Waals surface area contributed by atoms with Gasteiger partial charge in [-0.2, -0.15) is 0 Å². The van der Waals surface area contributed by atoms with E-state index in [0.29, 0.717) is 31.9 Å². The first kappa shape index (κ1) is 13.4. The molecule has 3 rings (SSSR count). The second-order valence-electron chi connectivity index (χ2n) is 5.05. The van der Waals surface area contributed by atoms with E-state index in [2.05, 4.69) is 10.7 Å². The number of carbonyl (C=O) groups excluding carboxylic acids is 1. The highest BCUT2D eigenvalue weighted by Gasteiger charge is 2.37. The molecular formula is C12H16N6O3. The summed E-state index contributed by atoms with van der Waals surface area (Å²) in [5.74, 6) is 5.35. The zero-order valence-corrected chi connectivity index (χ0v) is 11.3. The Labute approximate surface area is 120 Å². The molecule has 0 saturated carbocycles. The summed E-state index contributed by atoms with van der Waals surface area (Å²) < 4.78 is 0. The summed E-state index contributed by atoms with van der Waals surface area (Å²) in [6.07, 6.45) is 0. The molecule has 0 aromatic heterocycles. The Bertz CT molecular complexity index is 592. The van der Waals surface area contributed by atoms with Gasteiger partial charge in [-0.3, -0.25) is 16.0 Å². The van der Waals surface area contributed by atoms with Gasteiger partial charge in [0.25, 0.3) is 0 Å². The normalized spacial score (nSPS) is 21.0. The molecule has 1 unspecified atom stereocenters. The zero-order chi connectivity index (χ0) is 15.0. The van der Waals surface area contributed by atoms with Gasteiger partial charge in [0.05, 0.1) is 11.0 Å². The van der Waals surface area contributed by atoms with Gasteiger partial charge in [0.2, 0.25) is 0 Å². The Kier molecular flexibility index (Phi) is 3.26. The number of amides is 2. The van der Waals surface area contributed by atoms with Crippen LogP contribution >= 0.6 is 0 Å². The number of piperazine rings is 1. The number of benzene rings is 1. The van der Waals surface area contributed by atoms with Crippen LogP contribution < -0.4 is 21.5 Å². The van der Waals surface area contributed by atoms with E-state index >= 15 is 0 Å².